The topological polar surface area (TPSA) is 44.5 Å². The molecule has 0 aliphatic carbocycles. The van der Waals surface area contributed by atoms with Crippen LogP contribution in [0.1, 0.15) is 11.6 Å². The van der Waals surface area contributed by atoms with Gasteiger partial charge in [0.25, 0.3) is 0 Å². The second kappa shape index (κ2) is 4.93. The van der Waals surface area contributed by atoms with E-state index in [1.807, 2.05) is 12.1 Å². The van der Waals surface area contributed by atoms with Crippen molar-refractivity contribution in [2.24, 2.45) is 5.73 Å². The van der Waals surface area contributed by atoms with E-state index in [1.165, 1.54) is 10.1 Å². The highest BCUT2D eigenvalue weighted by atomic mass is 32.1. The molecule has 0 amide bonds. The van der Waals surface area contributed by atoms with E-state index < -0.39 is 6.29 Å². The van der Waals surface area contributed by atoms with E-state index >= 15 is 0 Å². The molecule has 2 N–H and O–H groups in total. The maximum absolute atomic E-state index is 6.14. The number of fused-ring (bicyclic) bond motifs is 1. The van der Waals surface area contributed by atoms with Crippen molar-refractivity contribution in [3.05, 3.63) is 35.2 Å². The first-order valence-electron chi connectivity index (χ1n) is 5.05. The van der Waals surface area contributed by atoms with Gasteiger partial charge in [0.15, 0.2) is 6.29 Å². The molecule has 0 bridgehead atoms. The van der Waals surface area contributed by atoms with Gasteiger partial charge in [0.2, 0.25) is 0 Å². The molecule has 0 saturated heterocycles. The van der Waals surface area contributed by atoms with E-state index in [0.29, 0.717) is 0 Å². The van der Waals surface area contributed by atoms with Gasteiger partial charge in [-0.3, -0.25) is 0 Å². The standard InChI is InChI=1S/C12H15NO2S/c1-14-12(15-2)10(13)9-5-3-4-8-6-7-16-11(8)9/h3-7,10,12H,13H2,1-2H3. The van der Waals surface area contributed by atoms with Gasteiger partial charge in [0.1, 0.15) is 0 Å². The van der Waals surface area contributed by atoms with Gasteiger partial charge >= 0.3 is 0 Å². The third kappa shape index (κ3) is 1.97. The lowest BCUT2D eigenvalue weighted by Crippen LogP contribution is -2.29. The zero-order valence-corrected chi connectivity index (χ0v) is 10.2. The first-order valence-corrected chi connectivity index (χ1v) is 5.93. The smallest absolute Gasteiger partial charge is 0.176 e. The molecule has 16 heavy (non-hydrogen) atoms. The van der Waals surface area contributed by atoms with Crippen molar-refractivity contribution < 1.29 is 9.47 Å². The molecule has 2 rings (SSSR count). The molecule has 1 unspecified atom stereocenters. The van der Waals surface area contributed by atoms with Crippen LogP contribution in [0.4, 0.5) is 0 Å². The van der Waals surface area contributed by atoms with Crippen LogP contribution < -0.4 is 5.73 Å². The van der Waals surface area contributed by atoms with Crippen LogP contribution in [0.5, 0.6) is 0 Å². The Hall–Kier alpha value is -0.940. The number of hydrogen-bond acceptors (Lipinski definition) is 4. The Morgan fingerprint density at radius 3 is 2.62 bits per heavy atom. The fourth-order valence-corrected chi connectivity index (χ4v) is 2.78. The molecule has 2 aromatic rings. The molecule has 1 aromatic carbocycles. The summed E-state index contributed by atoms with van der Waals surface area (Å²) in [5.74, 6) is 0. The fourth-order valence-electron chi connectivity index (χ4n) is 1.81. The Balaban J connectivity index is 2.42. The molecular weight excluding hydrogens is 222 g/mol. The second-order valence-electron chi connectivity index (χ2n) is 3.55. The summed E-state index contributed by atoms with van der Waals surface area (Å²) < 4.78 is 11.6. The van der Waals surface area contributed by atoms with Crippen molar-refractivity contribution in [2.75, 3.05) is 14.2 Å². The van der Waals surface area contributed by atoms with Crippen molar-refractivity contribution in [3.63, 3.8) is 0 Å². The van der Waals surface area contributed by atoms with Crippen LogP contribution in [0.3, 0.4) is 0 Å². The van der Waals surface area contributed by atoms with Gasteiger partial charge in [0, 0.05) is 18.9 Å². The number of ether oxygens (including phenoxy) is 2. The maximum Gasteiger partial charge on any atom is 0.176 e. The van der Waals surface area contributed by atoms with Crippen LogP contribution in [-0.4, -0.2) is 20.5 Å². The number of hydrogen-bond donors (Lipinski definition) is 1. The van der Waals surface area contributed by atoms with Gasteiger partial charge in [0.05, 0.1) is 6.04 Å². The molecular formula is C12H15NO2S. The number of thiophene rings is 1. The third-order valence-corrected chi connectivity index (χ3v) is 3.61. The minimum atomic E-state index is -0.410. The SMILES string of the molecule is COC(OC)C(N)c1cccc2ccsc12. The average molecular weight is 237 g/mol. The quantitative estimate of drug-likeness (QED) is 0.831. The van der Waals surface area contributed by atoms with E-state index in [2.05, 4.69) is 17.5 Å². The van der Waals surface area contributed by atoms with Crippen LogP contribution >= 0.6 is 11.3 Å². The van der Waals surface area contributed by atoms with Gasteiger partial charge in [-0.2, -0.15) is 0 Å². The Labute approximate surface area is 98.8 Å². The average Bonchev–Trinajstić information content (AvgIpc) is 2.78. The van der Waals surface area contributed by atoms with Crippen LogP contribution in [0.15, 0.2) is 29.6 Å². The Kier molecular flexibility index (Phi) is 3.56. The van der Waals surface area contributed by atoms with E-state index in [-0.39, 0.29) is 6.04 Å². The summed E-state index contributed by atoms with van der Waals surface area (Å²) in [6.45, 7) is 0. The van der Waals surface area contributed by atoms with Gasteiger partial charge in [-0.25, -0.2) is 0 Å². The fraction of sp³-hybridized carbons (Fsp3) is 0.333. The Bertz CT molecular complexity index is 465. The second-order valence-corrected chi connectivity index (χ2v) is 4.47. The van der Waals surface area contributed by atoms with E-state index in [0.717, 1.165) is 5.56 Å². The summed E-state index contributed by atoms with van der Waals surface area (Å²) in [6, 6.07) is 7.93. The van der Waals surface area contributed by atoms with Crippen LogP contribution in [0, 0.1) is 0 Å². The van der Waals surface area contributed by atoms with Crippen molar-refractivity contribution in [1.29, 1.82) is 0 Å². The molecule has 1 aromatic heterocycles. The number of benzene rings is 1. The lowest BCUT2D eigenvalue weighted by Gasteiger charge is -2.21. The van der Waals surface area contributed by atoms with Gasteiger partial charge in [-0.1, -0.05) is 18.2 Å². The van der Waals surface area contributed by atoms with Crippen molar-refractivity contribution in [2.45, 2.75) is 12.3 Å². The normalized spacial score (nSPS) is 13.5. The highest BCUT2D eigenvalue weighted by Crippen LogP contribution is 2.30. The minimum absolute atomic E-state index is 0.266. The predicted molar refractivity (Wildman–Crippen MR) is 66.6 cm³/mol. The van der Waals surface area contributed by atoms with Crippen molar-refractivity contribution in [1.82, 2.24) is 0 Å². The third-order valence-electron chi connectivity index (χ3n) is 2.63. The Morgan fingerprint density at radius 2 is 1.94 bits per heavy atom. The lowest BCUT2D eigenvalue weighted by molar-refractivity contribution is -0.117. The minimum Gasteiger partial charge on any atom is -0.354 e. The summed E-state index contributed by atoms with van der Waals surface area (Å²) in [4.78, 5) is 0. The van der Waals surface area contributed by atoms with E-state index in [1.54, 1.807) is 25.6 Å². The number of rotatable bonds is 4. The van der Waals surface area contributed by atoms with Crippen molar-refractivity contribution >= 4 is 21.4 Å². The maximum atomic E-state index is 6.14. The zero-order chi connectivity index (χ0) is 11.5. The predicted octanol–water partition coefficient (Wildman–Crippen LogP) is 2.52. The monoisotopic (exact) mass is 237 g/mol. The first kappa shape index (κ1) is 11.5. The van der Waals surface area contributed by atoms with E-state index in [9.17, 15) is 0 Å². The molecule has 0 spiro atoms. The highest BCUT2D eigenvalue weighted by molar-refractivity contribution is 7.17. The van der Waals surface area contributed by atoms with Crippen molar-refractivity contribution in [3.8, 4) is 0 Å². The molecule has 0 radical (unpaired) electrons. The molecule has 1 atom stereocenters. The molecule has 0 saturated carbocycles. The zero-order valence-electron chi connectivity index (χ0n) is 9.34. The molecule has 0 aliphatic heterocycles. The molecule has 4 heteroatoms. The summed E-state index contributed by atoms with van der Waals surface area (Å²) in [5.41, 5.74) is 7.21. The molecule has 0 fully saturated rings. The molecule has 1 heterocycles. The van der Waals surface area contributed by atoms with Gasteiger partial charge in [-0.05, 0) is 22.4 Å². The van der Waals surface area contributed by atoms with Gasteiger partial charge < -0.3 is 15.2 Å². The number of nitrogens with two attached hydrogens (primary N) is 1. The molecule has 3 nitrogen and oxygen atoms in total. The number of methoxy groups -OCH3 is 2. The van der Waals surface area contributed by atoms with Crippen LogP contribution in [0.2, 0.25) is 0 Å². The molecule has 0 aliphatic rings. The summed E-state index contributed by atoms with van der Waals surface area (Å²) in [6.07, 6.45) is -0.410. The first-order chi connectivity index (χ1) is 7.77. The largest absolute Gasteiger partial charge is 0.354 e. The Morgan fingerprint density at radius 1 is 1.19 bits per heavy atom. The van der Waals surface area contributed by atoms with E-state index in [4.69, 9.17) is 15.2 Å². The summed E-state index contributed by atoms with van der Waals surface area (Å²) >= 11 is 1.69. The lowest BCUT2D eigenvalue weighted by atomic mass is 10.1. The van der Waals surface area contributed by atoms with Crippen LogP contribution in [0.25, 0.3) is 10.1 Å². The van der Waals surface area contributed by atoms with Crippen LogP contribution in [-0.2, 0) is 9.47 Å². The van der Waals surface area contributed by atoms with Gasteiger partial charge in [-0.15, -0.1) is 11.3 Å². The summed E-state index contributed by atoms with van der Waals surface area (Å²) in [5, 5.41) is 3.28. The molecule has 86 valence electrons. The highest BCUT2D eigenvalue weighted by Gasteiger charge is 2.20. The summed E-state index contributed by atoms with van der Waals surface area (Å²) in [7, 11) is 3.20.